The van der Waals surface area contributed by atoms with Gasteiger partial charge < -0.3 is 29.3 Å². The summed E-state index contributed by atoms with van der Waals surface area (Å²) in [5.41, 5.74) is 1.12. The Morgan fingerprint density at radius 2 is 2.06 bits per heavy atom. The third-order valence-electron chi connectivity index (χ3n) is 5.58. The number of benzene rings is 1. The monoisotopic (exact) mass is 475 g/mol. The van der Waals surface area contributed by atoms with Gasteiger partial charge in [0.2, 0.25) is 5.91 Å². The number of ether oxygens (including phenoxy) is 3. The number of amides is 3. The summed E-state index contributed by atoms with van der Waals surface area (Å²) in [5.74, 6) is 1.32. The maximum atomic E-state index is 13.4. The highest BCUT2D eigenvalue weighted by Gasteiger charge is 2.33. The number of fused-ring (bicyclic) bond motifs is 1. The van der Waals surface area contributed by atoms with E-state index in [4.69, 9.17) is 14.2 Å². The molecular weight excluding hydrogens is 442 g/mol. The highest BCUT2D eigenvalue weighted by molar-refractivity contribution is 7.10. The molecule has 0 bridgehead atoms. The molecule has 1 aromatic heterocycles. The average Bonchev–Trinajstić information content (AvgIpc) is 3.31. The molecule has 1 aromatic carbocycles. The van der Waals surface area contributed by atoms with Gasteiger partial charge in [-0.3, -0.25) is 4.79 Å². The van der Waals surface area contributed by atoms with E-state index in [0.717, 1.165) is 12.0 Å². The van der Waals surface area contributed by atoms with Crippen molar-refractivity contribution in [2.45, 2.75) is 25.8 Å². The van der Waals surface area contributed by atoms with Crippen LogP contribution in [0.4, 0.5) is 4.79 Å². The second-order valence-electron chi connectivity index (χ2n) is 7.75. The first-order valence-electron chi connectivity index (χ1n) is 11.2. The summed E-state index contributed by atoms with van der Waals surface area (Å²) < 4.78 is 16.5. The van der Waals surface area contributed by atoms with Crippen LogP contribution in [0.1, 0.15) is 29.8 Å². The molecule has 2 heterocycles. The molecular formula is C24H33N3O5S. The second-order valence-corrected chi connectivity index (χ2v) is 8.75. The van der Waals surface area contributed by atoms with Crippen LogP contribution in [0, 0.1) is 0 Å². The molecule has 0 radical (unpaired) electrons. The van der Waals surface area contributed by atoms with Crippen LogP contribution < -0.4 is 14.8 Å². The molecule has 1 aliphatic rings. The van der Waals surface area contributed by atoms with Crippen molar-refractivity contribution in [3.8, 4) is 11.5 Å². The maximum Gasteiger partial charge on any atom is 0.317 e. The first-order chi connectivity index (χ1) is 16.1. The number of carbonyl (C=O) groups excluding carboxylic acids is 2. The quantitative estimate of drug-likeness (QED) is 0.505. The number of carbonyl (C=O) groups is 2. The third kappa shape index (κ3) is 6.61. The Kier molecular flexibility index (Phi) is 9.38. The van der Waals surface area contributed by atoms with Crippen molar-refractivity contribution >= 4 is 23.3 Å². The molecule has 33 heavy (non-hydrogen) atoms. The van der Waals surface area contributed by atoms with Gasteiger partial charge in [0.15, 0.2) is 0 Å². The number of hydrogen-bond donors (Lipinski definition) is 1. The van der Waals surface area contributed by atoms with Gasteiger partial charge in [0.25, 0.3) is 0 Å². The third-order valence-corrected chi connectivity index (χ3v) is 6.58. The molecule has 3 amide bonds. The molecule has 0 unspecified atom stereocenters. The zero-order valence-corrected chi connectivity index (χ0v) is 20.4. The number of rotatable bonds is 11. The van der Waals surface area contributed by atoms with Gasteiger partial charge in [-0.25, -0.2) is 4.79 Å². The Labute approximate surface area is 199 Å². The molecule has 1 aliphatic heterocycles. The molecule has 2 aromatic rings. The number of thiophene rings is 1. The van der Waals surface area contributed by atoms with E-state index in [0.29, 0.717) is 50.8 Å². The molecule has 1 N–H and O–H groups in total. The van der Waals surface area contributed by atoms with Crippen molar-refractivity contribution in [1.82, 2.24) is 15.1 Å². The predicted octanol–water partition coefficient (Wildman–Crippen LogP) is 3.33. The number of nitrogens with one attached hydrogen (secondary N) is 1. The highest BCUT2D eigenvalue weighted by atomic mass is 32.1. The molecule has 0 fully saturated rings. The van der Waals surface area contributed by atoms with E-state index in [-0.39, 0.29) is 24.5 Å². The van der Waals surface area contributed by atoms with Crippen molar-refractivity contribution in [3.63, 3.8) is 0 Å². The van der Waals surface area contributed by atoms with Gasteiger partial charge in [-0.2, -0.15) is 0 Å². The van der Waals surface area contributed by atoms with Gasteiger partial charge in [0, 0.05) is 44.3 Å². The van der Waals surface area contributed by atoms with Crippen LogP contribution in [0.3, 0.4) is 0 Å². The van der Waals surface area contributed by atoms with E-state index in [9.17, 15) is 9.59 Å². The number of urea groups is 1. The zero-order chi connectivity index (χ0) is 23.6. The van der Waals surface area contributed by atoms with Gasteiger partial charge in [-0.15, -0.1) is 11.3 Å². The van der Waals surface area contributed by atoms with Gasteiger partial charge in [0.1, 0.15) is 24.7 Å². The molecule has 0 aliphatic carbocycles. The Morgan fingerprint density at radius 1 is 1.24 bits per heavy atom. The Bertz CT molecular complexity index is 919. The van der Waals surface area contributed by atoms with E-state index in [1.165, 1.54) is 4.88 Å². The minimum absolute atomic E-state index is 0.0185. The van der Waals surface area contributed by atoms with E-state index >= 15 is 0 Å². The lowest BCUT2D eigenvalue weighted by atomic mass is 10.0. The average molecular weight is 476 g/mol. The summed E-state index contributed by atoms with van der Waals surface area (Å²) in [6.45, 7) is 4.30. The van der Waals surface area contributed by atoms with Gasteiger partial charge in [0.05, 0.1) is 13.2 Å². The van der Waals surface area contributed by atoms with Gasteiger partial charge in [-0.1, -0.05) is 6.07 Å². The largest absolute Gasteiger partial charge is 0.497 e. The summed E-state index contributed by atoms with van der Waals surface area (Å²) in [6, 6.07) is 9.06. The van der Waals surface area contributed by atoms with Crippen LogP contribution in [-0.2, 0) is 16.0 Å². The smallest absolute Gasteiger partial charge is 0.317 e. The molecule has 0 saturated heterocycles. The lowest BCUT2D eigenvalue weighted by Crippen LogP contribution is -2.50. The van der Waals surface area contributed by atoms with E-state index in [1.54, 1.807) is 30.5 Å². The van der Waals surface area contributed by atoms with Crippen LogP contribution in [0.5, 0.6) is 11.5 Å². The normalized spacial score (nSPS) is 15.0. The van der Waals surface area contributed by atoms with Crippen molar-refractivity contribution in [2.24, 2.45) is 0 Å². The lowest BCUT2D eigenvalue weighted by Gasteiger charge is -2.37. The summed E-state index contributed by atoms with van der Waals surface area (Å²) in [6.07, 6.45) is 1.47. The molecule has 180 valence electrons. The fraction of sp³-hybridized carbons (Fsp3) is 0.500. The Morgan fingerprint density at radius 3 is 2.82 bits per heavy atom. The molecule has 0 saturated carbocycles. The Hall–Kier alpha value is -2.78. The van der Waals surface area contributed by atoms with Gasteiger partial charge >= 0.3 is 6.03 Å². The number of methoxy groups -OCH3 is 2. The topological polar surface area (TPSA) is 80.3 Å². The molecule has 0 spiro atoms. The first-order valence-corrected chi connectivity index (χ1v) is 12.1. The predicted molar refractivity (Wildman–Crippen MR) is 128 cm³/mol. The fourth-order valence-corrected chi connectivity index (χ4v) is 4.84. The van der Waals surface area contributed by atoms with Crippen LogP contribution in [0.2, 0.25) is 0 Å². The minimum atomic E-state index is -0.237. The van der Waals surface area contributed by atoms with E-state index in [1.807, 2.05) is 36.1 Å². The van der Waals surface area contributed by atoms with Gasteiger partial charge in [-0.05, 0) is 48.9 Å². The van der Waals surface area contributed by atoms with Crippen molar-refractivity contribution < 1.29 is 23.8 Å². The van der Waals surface area contributed by atoms with Crippen molar-refractivity contribution in [1.29, 1.82) is 0 Å². The fourth-order valence-electron chi connectivity index (χ4n) is 3.91. The summed E-state index contributed by atoms with van der Waals surface area (Å²) >= 11 is 1.71. The summed E-state index contributed by atoms with van der Waals surface area (Å²) in [7, 11) is 3.24. The lowest BCUT2D eigenvalue weighted by molar-refractivity contribution is -0.135. The molecule has 1 atom stereocenters. The second kappa shape index (κ2) is 12.5. The standard InChI is InChI=1S/C24H33N3O5S/c1-4-25-24(29)26(11-6-13-30-2)16-23(28)27-12-9-22-20(10-14-33-22)21(27)17-32-19-8-5-7-18(15-19)31-3/h5,7-8,10,14-15,21H,4,6,9,11-13,16-17H2,1-3H3,(H,25,29)/t21-/m0/s1. The van der Waals surface area contributed by atoms with E-state index in [2.05, 4.69) is 16.8 Å². The number of hydrogen-bond acceptors (Lipinski definition) is 6. The van der Waals surface area contributed by atoms with Crippen LogP contribution in [-0.4, -0.2) is 75.4 Å². The van der Waals surface area contributed by atoms with Crippen LogP contribution in [0.25, 0.3) is 0 Å². The van der Waals surface area contributed by atoms with Crippen molar-refractivity contribution in [2.75, 3.05) is 53.6 Å². The van der Waals surface area contributed by atoms with E-state index < -0.39 is 0 Å². The zero-order valence-electron chi connectivity index (χ0n) is 19.5. The number of nitrogens with zero attached hydrogens (tertiary/aromatic N) is 2. The SMILES string of the molecule is CCNC(=O)N(CCCOC)CC(=O)N1CCc2sccc2[C@@H]1COc1cccc(OC)c1. The van der Waals surface area contributed by atoms with Crippen LogP contribution >= 0.6 is 11.3 Å². The van der Waals surface area contributed by atoms with Crippen molar-refractivity contribution in [3.05, 3.63) is 46.2 Å². The minimum Gasteiger partial charge on any atom is -0.497 e. The summed E-state index contributed by atoms with van der Waals surface area (Å²) in [5, 5.41) is 4.86. The highest BCUT2D eigenvalue weighted by Crippen LogP contribution is 2.34. The molecule has 9 heteroatoms. The molecule has 3 rings (SSSR count). The molecule has 8 nitrogen and oxygen atoms in total. The Balaban J connectivity index is 1.73. The first kappa shape index (κ1) is 24.9. The van der Waals surface area contributed by atoms with Crippen LogP contribution in [0.15, 0.2) is 35.7 Å². The maximum absolute atomic E-state index is 13.4. The summed E-state index contributed by atoms with van der Waals surface area (Å²) in [4.78, 5) is 30.6.